The maximum absolute atomic E-state index is 13.6. The number of nitrogens with zero attached hydrogens (tertiary/aromatic N) is 3. The quantitative estimate of drug-likeness (QED) is 0.113. The van der Waals surface area contributed by atoms with Gasteiger partial charge in [-0.1, -0.05) is 30.3 Å². The number of methoxy groups -OCH3 is 2. The fourth-order valence-corrected chi connectivity index (χ4v) is 4.08. The maximum Gasteiger partial charge on any atom is 0.251 e. The Morgan fingerprint density at radius 1 is 0.667 bits per heavy atom. The van der Waals surface area contributed by atoms with Crippen LogP contribution in [-0.4, -0.2) is 74.6 Å². The molecule has 3 aromatic carbocycles. The van der Waals surface area contributed by atoms with Crippen molar-refractivity contribution in [2.45, 2.75) is 13.1 Å². The molecule has 0 bridgehead atoms. The van der Waals surface area contributed by atoms with Crippen LogP contribution in [0.25, 0.3) is 0 Å². The van der Waals surface area contributed by atoms with Crippen molar-refractivity contribution in [3.63, 3.8) is 0 Å². The summed E-state index contributed by atoms with van der Waals surface area (Å²) >= 11 is 0. The number of hydrogen-bond acceptors (Lipinski definition) is 11. The van der Waals surface area contributed by atoms with Crippen LogP contribution < -0.4 is 30.7 Å². The van der Waals surface area contributed by atoms with E-state index in [1.165, 1.54) is 12.1 Å². The van der Waals surface area contributed by atoms with Crippen molar-refractivity contribution in [1.29, 1.82) is 0 Å². The fourth-order valence-electron chi connectivity index (χ4n) is 4.08. The molecule has 13 heteroatoms. The zero-order valence-electron chi connectivity index (χ0n) is 25.3. The van der Waals surface area contributed by atoms with E-state index in [0.29, 0.717) is 87.5 Å². The summed E-state index contributed by atoms with van der Waals surface area (Å²) in [5.41, 5.74) is 2.27. The molecule has 45 heavy (non-hydrogen) atoms. The van der Waals surface area contributed by atoms with E-state index in [9.17, 15) is 9.18 Å². The van der Waals surface area contributed by atoms with Crippen molar-refractivity contribution in [2.75, 3.05) is 69.7 Å². The molecule has 0 fully saturated rings. The first-order valence-electron chi connectivity index (χ1n) is 14.4. The molecular weight excluding hydrogens is 581 g/mol. The molecule has 0 saturated carbocycles. The molecule has 0 aliphatic carbocycles. The molecule has 4 aromatic rings. The molecule has 1 aromatic heterocycles. The Kier molecular flexibility index (Phi) is 13.1. The summed E-state index contributed by atoms with van der Waals surface area (Å²) in [5.74, 6) is 1.88. The fraction of sp³-hybridized carbons (Fsp3) is 0.312. The minimum Gasteiger partial charge on any atom is -0.497 e. The lowest BCUT2D eigenvalue weighted by Crippen LogP contribution is -2.27. The third-order valence-corrected chi connectivity index (χ3v) is 6.31. The third-order valence-electron chi connectivity index (χ3n) is 6.31. The van der Waals surface area contributed by atoms with Gasteiger partial charge in [-0.05, 0) is 47.5 Å². The minimum absolute atomic E-state index is 0.133. The summed E-state index contributed by atoms with van der Waals surface area (Å²) in [7, 11) is 3.19. The van der Waals surface area contributed by atoms with E-state index in [0.717, 1.165) is 11.1 Å². The van der Waals surface area contributed by atoms with Gasteiger partial charge in [-0.25, -0.2) is 4.39 Å². The highest BCUT2D eigenvalue weighted by molar-refractivity contribution is 5.94. The molecule has 0 atom stereocenters. The van der Waals surface area contributed by atoms with Gasteiger partial charge in [0, 0.05) is 37.8 Å². The third kappa shape index (κ3) is 11.5. The number of carbonyl (C=O) groups is 1. The van der Waals surface area contributed by atoms with Gasteiger partial charge in [-0.2, -0.15) is 15.0 Å². The SMILES string of the molecule is COc1cc(CNc2nc(NCCOCCOCCNC(=O)c3ccccc3)nc(NCc3cccc(F)c3)n2)cc(OC)c1. The Hall–Kier alpha value is -5.01. The molecular formula is C32H38FN7O5. The number of nitrogens with one attached hydrogen (secondary N) is 4. The van der Waals surface area contributed by atoms with Crippen LogP contribution in [0.3, 0.4) is 0 Å². The van der Waals surface area contributed by atoms with E-state index in [2.05, 4.69) is 36.2 Å². The zero-order chi connectivity index (χ0) is 31.7. The molecule has 4 rings (SSSR count). The van der Waals surface area contributed by atoms with Gasteiger partial charge in [-0.3, -0.25) is 4.79 Å². The van der Waals surface area contributed by atoms with Gasteiger partial charge in [-0.15, -0.1) is 0 Å². The van der Waals surface area contributed by atoms with Gasteiger partial charge in [0.15, 0.2) is 0 Å². The van der Waals surface area contributed by atoms with Gasteiger partial charge in [0.2, 0.25) is 17.8 Å². The van der Waals surface area contributed by atoms with Gasteiger partial charge in [0.05, 0.1) is 40.6 Å². The predicted octanol–water partition coefficient (Wildman–Crippen LogP) is 4.13. The number of hydrogen-bond donors (Lipinski definition) is 4. The van der Waals surface area contributed by atoms with E-state index in [1.54, 1.807) is 38.5 Å². The maximum atomic E-state index is 13.6. The van der Waals surface area contributed by atoms with Crippen molar-refractivity contribution in [3.8, 4) is 11.5 Å². The molecule has 0 spiro atoms. The Morgan fingerprint density at radius 3 is 1.89 bits per heavy atom. The lowest BCUT2D eigenvalue weighted by atomic mass is 10.2. The van der Waals surface area contributed by atoms with Gasteiger partial charge >= 0.3 is 0 Å². The average molecular weight is 620 g/mol. The number of amides is 1. The highest BCUT2D eigenvalue weighted by Crippen LogP contribution is 2.23. The summed E-state index contributed by atoms with van der Waals surface area (Å²) in [4.78, 5) is 25.4. The molecule has 1 amide bonds. The number of anilines is 3. The molecule has 0 saturated heterocycles. The molecule has 4 N–H and O–H groups in total. The van der Waals surface area contributed by atoms with Crippen LogP contribution in [0.1, 0.15) is 21.5 Å². The number of ether oxygens (including phenoxy) is 4. The van der Waals surface area contributed by atoms with Crippen LogP contribution in [0.4, 0.5) is 22.2 Å². The van der Waals surface area contributed by atoms with Crippen LogP contribution in [0.5, 0.6) is 11.5 Å². The smallest absolute Gasteiger partial charge is 0.251 e. The largest absolute Gasteiger partial charge is 0.497 e. The van der Waals surface area contributed by atoms with Crippen molar-refractivity contribution in [1.82, 2.24) is 20.3 Å². The van der Waals surface area contributed by atoms with Crippen LogP contribution in [0.15, 0.2) is 72.8 Å². The summed E-state index contributed by atoms with van der Waals surface area (Å²) in [6, 6.07) is 20.9. The van der Waals surface area contributed by atoms with Crippen molar-refractivity contribution >= 4 is 23.8 Å². The summed E-state index contributed by atoms with van der Waals surface area (Å²) in [5, 5.41) is 12.3. The minimum atomic E-state index is -0.316. The Labute approximate surface area is 261 Å². The van der Waals surface area contributed by atoms with Gasteiger partial charge in [0.25, 0.3) is 5.91 Å². The molecule has 238 valence electrons. The zero-order valence-corrected chi connectivity index (χ0v) is 25.3. The molecule has 0 radical (unpaired) electrons. The summed E-state index contributed by atoms with van der Waals surface area (Å²) < 4.78 is 35.5. The highest BCUT2D eigenvalue weighted by Gasteiger charge is 2.09. The number of carbonyl (C=O) groups excluding carboxylic acids is 1. The molecule has 1 heterocycles. The second-order valence-corrected chi connectivity index (χ2v) is 9.64. The van der Waals surface area contributed by atoms with Gasteiger partial charge < -0.3 is 40.2 Å². The normalized spacial score (nSPS) is 10.6. The molecule has 0 unspecified atom stereocenters. The molecule has 0 aliphatic rings. The van der Waals surface area contributed by atoms with E-state index >= 15 is 0 Å². The van der Waals surface area contributed by atoms with Crippen LogP contribution >= 0.6 is 0 Å². The summed E-state index contributed by atoms with van der Waals surface area (Å²) in [6.45, 7) is 3.13. The van der Waals surface area contributed by atoms with Gasteiger partial charge in [0.1, 0.15) is 17.3 Å². The van der Waals surface area contributed by atoms with Crippen LogP contribution in [0, 0.1) is 5.82 Å². The Morgan fingerprint density at radius 2 is 1.27 bits per heavy atom. The van der Waals surface area contributed by atoms with Crippen molar-refractivity contribution in [3.05, 3.63) is 95.3 Å². The molecule has 12 nitrogen and oxygen atoms in total. The lowest BCUT2D eigenvalue weighted by molar-refractivity contribution is 0.0519. The lowest BCUT2D eigenvalue weighted by Gasteiger charge is -2.13. The first-order valence-corrected chi connectivity index (χ1v) is 14.4. The second-order valence-electron chi connectivity index (χ2n) is 9.64. The van der Waals surface area contributed by atoms with Crippen LogP contribution in [0.2, 0.25) is 0 Å². The number of aromatic nitrogens is 3. The predicted molar refractivity (Wildman–Crippen MR) is 169 cm³/mol. The van der Waals surface area contributed by atoms with E-state index < -0.39 is 0 Å². The number of halogens is 1. The number of benzene rings is 3. The van der Waals surface area contributed by atoms with Crippen LogP contribution in [-0.2, 0) is 22.6 Å². The van der Waals surface area contributed by atoms with E-state index in [1.807, 2.05) is 36.4 Å². The average Bonchev–Trinajstić information content (AvgIpc) is 3.07. The first kappa shape index (κ1) is 32.9. The Bertz CT molecular complexity index is 1470. The highest BCUT2D eigenvalue weighted by atomic mass is 19.1. The Balaban J connectivity index is 1.23. The first-order chi connectivity index (χ1) is 22.0. The standard InChI is InChI=1S/C32H38FN7O5/c1-42-27-18-24(19-28(20-27)43-2)22-37-32-39-30(38-31(40-32)36-21-23-7-6-10-26(33)17-23)35-12-14-45-16-15-44-13-11-34-29(41)25-8-4-3-5-9-25/h3-10,17-20H,11-16,21-22H2,1-2H3,(H,34,41)(H3,35,36,37,38,39,40). The topological polar surface area (TPSA) is 141 Å². The molecule has 0 aliphatic heterocycles. The number of rotatable bonds is 19. The second kappa shape index (κ2) is 18.0. The van der Waals surface area contributed by atoms with Crippen molar-refractivity contribution in [2.24, 2.45) is 0 Å². The van der Waals surface area contributed by atoms with Crippen molar-refractivity contribution < 1.29 is 28.1 Å². The van der Waals surface area contributed by atoms with E-state index in [4.69, 9.17) is 18.9 Å². The summed E-state index contributed by atoms with van der Waals surface area (Å²) in [6.07, 6.45) is 0. The van der Waals surface area contributed by atoms with E-state index in [-0.39, 0.29) is 11.7 Å². The monoisotopic (exact) mass is 619 g/mol.